The topological polar surface area (TPSA) is 83.3 Å². The number of halogens is 1. The van der Waals surface area contributed by atoms with Gasteiger partial charge in [0.1, 0.15) is 0 Å². The SMILES string of the molecule is CO[C@H]1CN(C2CCN(c3nnc(N)[nH]3)CC2)C1Cc1ccc(Cl)cc1. The van der Waals surface area contributed by atoms with Gasteiger partial charge in [0.15, 0.2) is 0 Å². The summed E-state index contributed by atoms with van der Waals surface area (Å²) in [6.45, 7) is 2.93. The first-order valence-corrected chi connectivity index (χ1v) is 9.48. The molecule has 4 rings (SSSR count). The maximum absolute atomic E-state index is 6.01. The van der Waals surface area contributed by atoms with Gasteiger partial charge in [-0.3, -0.25) is 9.88 Å². The number of ether oxygens (including phenoxy) is 1. The zero-order valence-electron chi connectivity index (χ0n) is 14.9. The smallest absolute Gasteiger partial charge is 0.226 e. The van der Waals surface area contributed by atoms with E-state index in [9.17, 15) is 0 Å². The third-order valence-corrected chi connectivity index (χ3v) is 5.88. The fourth-order valence-electron chi connectivity index (χ4n) is 4.12. The van der Waals surface area contributed by atoms with Crippen LogP contribution in [-0.4, -0.2) is 65.0 Å². The number of nitrogens with two attached hydrogens (primary N) is 1. The third-order valence-electron chi connectivity index (χ3n) is 5.63. The number of aromatic nitrogens is 3. The molecule has 8 heteroatoms. The van der Waals surface area contributed by atoms with Gasteiger partial charge in [0.05, 0.1) is 6.10 Å². The molecule has 0 saturated carbocycles. The number of nitrogens with zero attached hydrogens (tertiary/aromatic N) is 4. The normalized spacial score (nSPS) is 24.6. The van der Waals surface area contributed by atoms with Crippen molar-refractivity contribution in [1.82, 2.24) is 20.1 Å². The van der Waals surface area contributed by atoms with Gasteiger partial charge in [-0.25, -0.2) is 0 Å². The van der Waals surface area contributed by atoms with E-state index in [2.05, 4.69) is 37.1 Å². The van der Waals surface area contributed by atoms with Crippen LogP contribution in [0.15, 0.2) is 24.3 Å². The first kappa shape index (κ1) is 17.6. The molecule has 2 atom stereocenters. The number of anilines is 2. The minimum atomic E-state index is 0.303. The van der Waals surface area contributed by atoms with Crippen LogP contribution < -0.4 is 10.6 Å². The molecule has 2 aliphatic heterocycles. The van der Waals surface area contributed by atoms with E-state index < -0.39 is 0 Å². The van der Waals surface area contributed by atoms with Crippen molar-refractivity contribution in [3.8, 4) is 0 Å². The number of H-pyrrole nitrogens is 1. The minimum absolute atomic E-state index is 0.303. The summed E-state index contributed by atoms with van der Waals surface area (Å²) in [4.78, 5) is 7.85. The van der Waals surface area contributed by atoms with Crippen molar-refractivity contribution in [2.45, 2.75) is 37.5 Å². The molecule has 26 heavy (non-hydrogen) atoms. The lowest BCUT2D eigenvalue weighted by Gasteiger charge is -2.53. The second-order valence-electron chi connectivity index (χ2n) is 7.12. The van der Waals surface area contributed by atoms with Gasteiger partial charge in [-0.15, -0.1) is 10.2 Å². The van der Waals surface area contributed by atoms with Gasteiger partial charge in [-0.1, -0.05) is 23.7 Å². The lowest BCUT2D eigenvalue weighted by molar-refractivity contribution is -0.108. The zero-order valence-corrected chi connectivity index (χ0v) is 15.7. The Morgan fingerprint density at radius 3 is 2.58 bits per heavy atom. The Balaban J connectivity index is 1.37. The first-order valence-electron chi connectivity index (χ1n) is 9.10. The Hall–Kier alpha value is -1.83. The summed E-state index contributed by atoms with van der Waals surface area (Å²) >= 11 is 6.01. The molecule has 0 bridgehead atoms. The van der Waals surface area contributed by atoms with E-state index in [0.29, 0.717) is 24.1 Å². The quantitative estimate of drug-likeness (QED) is 0.829. The van der Waals surface area contributed by atoms with E-state index in [1.807, 2.05) is 19.2 Å². The van der Waals surface area contributed by atoms with Crippen LogP contribution in [0.1, 0.15) is 18.4 Å². The van der Waals surface area contributed by atoms with Crippen LogP contribution in [0.5, 0.6) is 0 Å². The molecule has 0 aliphatic carbocycles. The van der Waals surface area contributed by atoms with Crippen LogP contribution in [0.4, 0.5) is 11.9 Å². The fraction of sp³-hybridized carbons (Fsp3) is 0.556. The van der Waals surface area contributed by atoms with Crippen LogP contribution in [-0.2, 0) is 11.2 Å². The standard InChI is InChI=1S/C18H25ClN6O/c1-26-16-11-25(15(16)10-12-2-4-13(19)5-3-12)14-6-8-24(9-7-14)18-21-17(20)22-23-18/h2-5,14-16H,6-11H2,1H3,(H3,20,21,22,23)/t15?,16-/m0/s1. The summed E-state index contributed by atoms with van der Waals surface area (Å²) in [6.07, 6.45) is 3.51. The molecule has 1 aromatic heterocycles. The summed E-state index contributed by atoms with van der Waals surface area (Å²) in [5.74, 6) is 1.15. The molecule has 140 valence electrons. The summed E-state index contributed by atoms with van der Waals surface area (Å²) in [5, 5.41) is 8.73. The highest BCUT2D eigenvalue weighted by molar-refractivity contribution is 6.30. The predicted octanol–water partition coefficient (Wildman–Crippen LogP) is 1.95. The van der Waals surface area contributed by atoms with Crippen LogP contribution >= 0.6 is 11.6 Å². The molecule has 1 aromatic carbocycles. The minimum Gasteiger partial charge on any atom is -0.378 e. The first-order chi connectivity index (χ1) is 12.6. The Kier molecular flexibility index (Phi) is 5.02. The van der Waals surface area contributed by atoms with Crippen LogP contribution in [0.3, 0.4) is 0 Å². The molecular weight excluding hydrogens is 352 g/mol. The van der Waals surface area contributed by atoms with Crippen molar-refractivity contribution in [2.24, 2.45) is 0 Å². The summed E-state index contributed by atoms with van der Waals surface area (Å²) in [7, 11) is 1.81. The maximum Gasteiger partial charge on any atom is 0.226 e. The van der Waals surface area contributed by atoms with Gasteiger partial charge < -0.3 is 15.4 Å². The molecule has 2 fully saturated rings. The molecule has 0 radical (unpaired) electrons. The van der Waals surface area contributed by atoms with Crippen molar-refractivity contribution < 1.29 is 4.74 Å². The largest absolute Gasteiger partial charge is 0.378 e. The molecule has 7 nitrogen and oxygen atoms in total. The van der Waals surface area contributed by atoms with Crippen LogP contribution in [0, 0.1) is 0 Å². The van der Waals surface area contributed by atoms with E-state index in [0.717, 1.165) is 49.9 Å². The van der Waals surface area contributed by atoms with Gasteiger partial charge in [0, 0.05) is 43.9 Å². The highest BCUT2D eigenvalue weighted by atomic mass is 35.5. The second-order valence-corrected chi connectivity index (χ2v) is 7.56. The molecule has 0 spiro atoms. The van der Waals surface area contributed by atoms with Gasteiger partial charge in [0.25, 0.3) is 0 Å². The lowest BCUT2D eigenvalue weighted by Crippen LogP contribution is -2.66. The predicted molar refractivity (Wildman–Crippen MR) is 102 cm³/mol. The number of hydrogen-bond donors (Lipinski definition) is 2. The molecular formula is C18H25ClN6O. The number of piperidine rings is 1. The number of likely N-dealkylation sites (tertiary alicyclic amines) is 1. The van der Waals surface area contributed by atoms with E-state index in [1.54, 1.807) is 0 Å². The number of nitrogens with one attached hydrogen (secondary N) is 1. The average Bonchev–Trinajstić information content (AvgIpc) is 3.08. The number of benzene rings is 1. The van der Waals surface area contributed by atoms with E-state index in [4.69, 9.17) is 22.1 Å². The highest BCUT2D eigenvalue weighted by Crippen LogP contribution is 2.31. The second kappa shape index (κ2) is 7.42. The molecule has 2 aromatic rings. The molecule has 3 N–H and O–H groups in total. The molecule has 2 saturated heterocycles. The Morgan fingerprint density at radius 1 is 1.23 bits per heavy atom. The van der Waals surface area contributed by atoms with Crippen molar-refractivity contribution in [1.29, 1.82) is 0 Å². The zero-order chi connectivity index (χ0) is 18.1. The van der Waals surface area contributed by atoms with Crippen molar-refractivity contribution in [3.05, 3.63) is 34.9 Å². The van der Waals surface area contributed by atoms with Crippen molar-refractivity contribution in [2.75, 3.05) is 37.4 Å². The summed E-state index contributed by atoms with van der Waals surface area (Å²) < 4.78 is 5.69. The Labute approximate surface area is 158 Å². The number of rotatable bonds is 5. The summed E-state index contributed by atoms with van der Waals surface area (Å²) in [6, 6.07) is 9.16. The van der Waals surface area contributed by atoms with Gasteiger partial charge in [-0.2, -0.15) is 0 Å². The van der Waals surface area contributed by atoms with Gasteiger partial charge in [0.2, 0.25) is 11.9 Å². The molecule has 1 unspecified atom stereocenters. The average molecular weight is 377 g/mol. The van der Waals surface area contributed by atoms with Crippen LogP contribution in [0.25, 0.3) is 0 Å². The van der Waals surface area contributed by atoms with Crippen molar-refractivity contribution >= 4 is 23.5 Å². The van der Waals surface area contributed by atoms with E-state index in [-0.39, 0.29) is 0 Å². The maximum atomic E-state index is 6.01. The van der Waals surface area contributed by atoms with Crippen molar-refractivity contribution in [3.63, 3.8) is 0 Å². The lowest BCUT2D eigenvalue weighted by atomic mass is 9.87. The van der Waals surface area contributed by atoms with Crippen LogP contribution in [0.2, 0.25) is 5.02 Å². The number of nitrogen functional groups attached to an aromatic ring is 1. The number of aromatic amines is 1. The highest BCUT2D eigenvalue weighted by Gasteiger charge is 2.43. The monoisotopic (exact) mass is 376 g/mol. The third kappa shape index (κ3) is 3.51. The van der Waals surface area contributed by atoms with Gasteiger partial charge in [-0.05, 0) is 37.0 Å². The number of methoxy groups -OCH3 is 1. The van der Waals surface area contributed by atoms with Gasteiger partial charge >= 0.3 is 0 Å². The Morgan fingerprint density at radius 2 is 1.96 bits per heavy atom. The molecule has 0 amide bonds. The molecule has 3 heterocycles. The van der Waals surface area contributed by atoms with E-state index in [1.165, 1.54) is 5.56 Å². The summed E-state index contributed by atoms with van der Waals surface area (Å²) in [5.41, 5.74) is 6.94. The Bertz CT molecular complexity index is 728. The van der Waals surface area contributed by atoms with E-state index >= 15 is 0 Å². The molecule has 2 aliphatic rings. The fourth-order valence-corrected chi connectivity index (χ4v) is 4.25. The number of hydrogen-bond acceptors (Lipinski definition) is 6.